The summed E-state index contributed by atoms with van der Waals surface area (Å²) in [4.78, 5) is 4.33. The van der Waals surface area contributed by atoms with Crippen molar-refractivity contribution in [2.75, 3.05) is 0 Å². The number of hydrogen-bond donors (Lipinski definition) is 0. The number of hydrogen-bond acceptors (Lipinski definition) is 1. The second kappa shape index (κ2) is 6.76. The molecule has 4 rings (SSSR count). The van der Waals surface area contributed by atoms with Crippen LogP contribution in [0.2, 0.25) is 0 Å². The van der Waals surface area contributed by atoms with E-state index in [2.05, 4.69) is 20.9 Å². The Hall–Kier alpha value is -2.02. The molecule has 7 heteroatoms. The summed E-state index contributed by atoms with van der Waals surface area (Å²) in [5.74, 6) is 0. The number of aromatic nitrogens is 2. The van der Waals surface area contributed by atoms with Crippen LogP contribution < -0.4 is 0 Å². The van der Waals surface area contributed by atoms with Gasteiger partial charge in [0.05, 0.1) is 5.57 Å². The fourth-order valence-corrected chi connectivity index (χ4v) is 5.67. The number of halogens is 3. The monoisotopic (exact) mass is 459 g/mol. The minimum Gasteiger partial charge on any atom is -0.393 e. The Morgan fingerprint density at radius 3 is 2.38 bits per heavy atom. The van der Waals surface area contributed by atoms with Crippen LogP contribution in [0.15, 0.2) is 39.8 Å². The van der Waals surface area contributed by atoms with E-state index >= 15 is 8.63 Å². The van der Waals surface area contributed by atoms with Gasteiger partial charge < -0.3 is 17.6 Å². The van der Waals surface area contributed by atoms with E-state index in [0.29, 0.717) is 22.8 Å². The summed E-state index contributed by atoms with van der Waals surface area (Å²) >= 11 is 3.50. The van der Waals surface area contributed by atoms with Crippen molar-refractivity contribution in [1.82, 2.24) is 9.46 Å². The van der Waals surface area contributed by atoms with Crippen molar-refractivity contribution in [3.8, 4) is 0 Å². The molecule has 0 aromatic carbocycles. The predicted molar refractivity (Wildman–Crippen MR) is 119 cm³/mol. The zero-order valence-electron chi connectivity index (χ0n) is 17.7. The molecule has 0 saturated carbocycles. The molecule has 2 aromatic rings. The van der Waals surface area contributed by atoms with Gasteiger partial charge in [-0.15, -0.1) is 0 Å². The molecule has 0 fully saturated rings. The first-order valence-electron chi connectivity index (χ1n) is 10.1. The quantitative estimate of drug-likeness (QED) is 0.513. The van der Waals surface area contributed by atoms with E-state index in [1.54, 1.807) is 12.4 Å². The van der Waals surface area contributed by atoms with Crippen LogP contribution in [-0.2, 0) is 6.42 Å². The van der Waals surface area contributed by atoms with Crippen molar-refractivity contribution in [1.29, 1.82) is 0 Å². The molecule has 0 saturated heterocycles. The highest BCUT2D eigenvalue weighted by molar-refractivity contribution is 9.10. The van der Waals surface area contributed by atoms with E-state index in [4.69, 9.17) is 0 Å². The number of rotatable bonds is 3. The molecular weight excluding hydrogens is 435 g/mol. The summed E-state index contributed by atoms with van der Waals surface area (Å²) in [5, 5.41) is 0. The molecule has 0 radical (unpaired) electrons. The normalized spacial score (nSPS) is 18.0. The molecule has 3 nitrogen and oxygen atoms in total. The van der Waals surface area contributed by atoms with E-state index in [-0.39, 0.29) is 0 Å². The van der Waals surface area contributed by atoms with Gasteiger partial charge in [0.25, 0.3) is 0 Å². The van der Waals surface area contributed by atoms with E-state index in [9.17, 15) is 0 Å². The molecule has 0 atom stereocenters. The third-order valence-corrected chi connectivity index (χ3v) is 6.92. The van der Waals surface area contributed by atoms with Gasteiger partial charge in [-0.2, -0.15) is 0 Å². The summed E-state index contributed by atoms with van der Waals surface area (Å²) in [7, 11) is 0. The summed E-state index contributed by atoms with van der Waals surface area (Å²) in [6, 6.07) is 1.97. The first-order chi connectivity index (χ1) is 13.7. The topological polar surface area (TPSA) is 20.8 Å². The lowest BCUT2D eigenvalue weighted by atomic mass is 9.84. The van der Waals surface area contributed by atoms with Gasteiger partial charge in [0.15, 0.2) is 5.70 Å². The van der Waals surface area contributed by atoms with E-state index in [1.165, 1.54) is 8.96 Å². The van der Waals surface area contributed by atoms with Crippen molar-refractivity contribution < 1.29 is 13.1 Å². The molecule has 0 bridgehead atoms. The molecular formula is C22H25BBrF2N3. The van der Waals surface area contributed by atoms with Crippen molar-refractivity contribution in [3.05, 3.63) is 67.9 Å². The maximum Gasteiger partial charge on any atom is 0.737 e. The van der Waals surface area contributed by atoms with Crippen LogP contribution in [0.3, 0.4) is 0 Å². The second-order valence-electron chi connectivity index (χ2n) is 7.88. The molecule has 2 aliphatic rings. The van der Waals surface area contributed by atoms with Crippen molar-refractivity contribution in [3.63, 3.8) is 0 Å². The average Bonchev–Trinajstić information content (AvgIpc) is 3.07. The molecule has 0 aliphatic carbocycles. The van der Waals surface area contributed by atoms with Gasteiger partial charge in [0, 0.05) is 46.2 Å². The zero-order chi connectivity index (χ0) is 21.2. The lowest BCUT2D eigenvalue weighted by molar-refractivity contribution is -0.363. The van der Waals surface area contributed by atoms with Crippen LogP contribution in [0.25, 0.3) is 5.57 Å². The number of nitrogens with zero attached hydrogens (tertiary/aromatic N) is 3. The Bertz CT molecular complexity index is 1160. The fraction of sp³-hybridized carbons (Fsp3) is 0.364. The fourth-order valence-electron chi connectivity index (χ4n) is 5.30. The van der Waals surface area contributed by atoms with Crippen LogP contribution in [0.1, 0.15) is 62.2 Å². The summed E-state index contributed by atoms with van der Waals surface area (Å²) < 4.78 is 35.6. The zero-order valence-corrected chi connectivity index (χ0v) is 19.3. The molecule has 0 amide bonds. The van der Waals surface area contributed by atoms with E-state index in [0.717, 1.165) is 50.7 Å². The van der Waals surface area contributed by atoms with Gasteiger partial charge in [0.2, 0.25) is 0 Å². The maximum absolute atomic E-state index is 16.1. The summed E-state index contributed by atoms with van der Waals surface area (Å²) in [5.41, 5.74) is 8.11. The Labute approximate surface area is 179 Å². The van der Waals surface area contributed by atoms with Gasteiger partial charge in [0.1, 0.15) is 5.71 Å². The van der Waals surface area contributed by atoms with E-state index in [1.807, 2.05) is 47.6 Å². The average molecular weight is 460 g/mol. The lowest BCUT2D eigenvalue weighted by Gasteiger charge is -2.34. The molecule has 2 aliphatic heterocycles. The van der Waals surface area contributed by atoms with Gasteiger partial charge in [-0.3, -0.25) is 4.98 Å². The Morgan fingerprint density at radius 2 is 1.79 bits per heavy atom. The molecule has 4 heterocycles. The minimum atomic E-state index is -3.98. The molecule has 0 spiro atoms. The second-order valence-corrected chi connectivity index (χ2v) is 8.79. The highest BCUT2D eigenvalue weighted by Crippen LogP contribution is 2.47. The number of pyridine rings is 1. The Balaban J connectivity index is 2.24. The van der Waals surface area contributed by atoms with Crippen molar-refractivity contribution >= 4 is 34.2 Å². The highest BCUT2D eigenvalue weighted by atomic mass is 79.9. The highest BCUT2D eigenvalue weighted by Gasteiger charge is 2.56. The van der Waals surface area contributed by atoms with Gasteiger partial charge >= 0.3 is 6.97 Å². The van der Waals surface area contributed by atoms with Crippen molar-refractivity contribution in [2.45, 2.75) is 54.4 Å². The van der Waals surface area contributed by atoms with Crippen molar-refractivity contribution in [2.24, 2.45) is 0 Å². The summed E-state index contributed by atoms with van der Waals surface area (Å²) in [6.07, 6.45) is 4.93. The third kappa shape index (κ3) is 2.59. The maximum atomic E-state index is 16.1. The van der Waals surface area contributed by atoms with Crippen LogP contribution in [-0.4, -0.2) is 26.6 Å². The first kappa shape index (κ1) is 20.3. The minimum absolute atomic E-state index is 0.625. The standard InChI is InChI=1S/C22H25BBrF2N3/c1-7-18-12(3)21-20(16-9-17(24)11-27-10-16)22-13(4)19(8-2)15(6)29(22)23(25,26)28(21)14(18)5/h9-11H,7-8H2,1-6H3. The molecule has 152 valence electrons. The molecule has 0 unspecified atom stereocenters. The molecule has 2 aromatic heterocycles. The number of allylic oxidation sites excluding steroid dienone is 2. The predicted octanol–water partition coefficient (Wildman–Crippen LogP) is 6.03. The van der Waals surface area contributed by atoms with Crippen LogP contribution in [0.4, 0.5) is 8.63 Å². The van der Waals surface area contributed by atoms with Crippen LogP contribution in [0, 0.1) is 13.8 Å². The van der Waals surface area contributed by atoms with Crippen LogP contribution in [0.5, 0.6) is 0 Å². The SMILES string of the molecule is CCC1=C(C)C2=C(c3cncc(Br)c3)c3c(C)c(CC)c(C)n3[B-](F)(F)[N+]2=C1C. The van der Waals surface area contributed by atoms with Gasteiger partial charge in [-0.1, -0.05) is 13.8 Å². The Kier molecular flexibility index (Phi) is 4.72. The van der Waals surface area contributed by atoms with Gasteiger partial charge in [-0.05, 0) is 72.4 Å². The van der Waals surface area contributed by atoms with Gasteiger partial charge in [-0.25, -0.2) is 0 Å². The first-order valence-corrected chi connectivity index (χ1v) is 10.9. The summed E-state index contributed by atoms with van der Waals surface area (Å²) in [6.45, 7) is 7.64. The smallest absolute Gasteiger partial charge is 0.393 e. The number of fused-ring (bicyclic) bond motifs is 2. The third-order valence-electron chi connectivity index (χ3n) is 6.49. The Morgan fingerprint density at radius 1 is 1.10 bits per heavy atom. The molecule has 0 N–H and O–H groups in total. The lowest BCUT2D eigenvalue weighted by Crippen LogP contribution is -2.51. The van der Waals surface area contributed by atoms with Crippen LogP contribution >= 0.6 is 15.9 Å². The largest absolute Gasteiger partial charge is 0.737 e. The van der Waals surface area contributed by atoms with E-state index < -0.39 is 6.97 Å². The molecule has 29 heavy (non-hydrogen) atoms.